The number of nitrogens with zero attached hydrogens (tertiary/aromatic N) is 2. The van der Waals surface area contributed by atoms with E-state index in [1.807, 2.05) is 0 Å². The van der Waals surface area contributed by atoms with Gasteiger partial charge in [-0.05, 0) is 11.6 Å². The van der Waals surface area contributed by atoms with Crippen molar-refractivity contribution in [2.45, 2.75) is 12.2 Å². The smallest absolute Gasteiger partial charge is 0.408 e. The van der Waals surface area contributed by atoms with Gasteiger partial charge in [-0.25, -0.2) is 0 Å². The summed E-state index contributed by atoms with van der Waals surface area (Å²) in [6.07, 6.45) is -4.51. The Kier molecular flexibility index (Phi) is 8.76. The molecule has 1 fully saturated rings. The summed E-state index contributed by atoms with van der Waals surface area (Å²) in [6.45, 7) is 1.35. The van der Waals surface area contributed by atoms with E-state index < -0.39 is 22.8 Å². The van der Waals surface area contributed by atoms with E-state index in [0.29, 0.717) is 13.1 Å². The van der Waals surface area contributed by atoms with Gasteiger partial charge < -0.3 is 10.1 Å². The average Bonchev–Trinajstić information content (AvgIpc) is 2.47. The number of piperazine rings is 1. The monoisotopic (exact) mass is 391 g/mol. The molecule has 0 saturated carbocycles. The number of hydrogen-bond acceptors (Lipinski definition) is 5. The van der Waals surface area contributed by atoms with Crippen LogP contribution in [0.5, 0.6) is 5.75 Å². The van der Waals surface area contributed by atoms with Crippen LogP contribution in [-0.2, 0) is 0 Å². The van der Waals surface area contributed by atoms with E-state index in [9.17, 15) is 23.3 Å². The third-order valence-corrected chi connectivity index (χ3v) is 3.54. The van der Waals surface area contributed by atoms with Gasteiger partial charge in [0, 0.05) is 32.2 Å². The molecule has 0 amide bonds. The molecule has 1 aromatic carbocycles. The van der Waals surface area contributed by atoms with E-state index in [0.717, 1.165) is 6.07 Å². The molecule has 1 atom stereocenters. The molecule has 0 aliphatic carbocycles. The van der Waals surface area contributed by atoms with Crippen molar-refractivity contribution in [2.75, 3.05) is 33.3 Å². The Morgan fingerprint density at radius 3 is 2.33 bits per heavy atom. The number of alkyl halides is 3. The molecular formula is C13H18Cl2F3N3O3. The zero-order valence-corrected chi connectivity index (χ0v) is 14.3. The van der Waals surface area contributed by atoms with E-state index in [-0.39, 0.29) is 49.2 Å². The lowest BCUT2D eigenvalue weighted by atomic mass is 10.0. The second kappa shape index (κ2) is 9.26. The number of rotatable bonds is 4. The van der Waals surface area contributed by atoms with E-state index in [1.165, 1.54) is 24.1 Å². The fraction of sp³-hybridized carbons (Fsp3) is 0.538. The molecule has 0 unspecified atom stereocenters. The molecular weight excluding hydrogens is 374 g/mol. The molecule has 1 aromatic rings. The fourth-order valence-electron chi connectivity index (χ4n) is 2.57. The second-order valence-electron chi connectivity index (χ2n) is 4.92. The molecule has 2 rings (SSSR count). The van der Waals surface area contributed by atoms with Crippen LogP contribution in [0.4, 0.5) is 18.9 Å². The Hall–Kier alpha value is -1.29. The molecule has 0 aromatic heterocycles. The minimum atomic E-state index is -4.51. The zero-order chi connectivity index (χ0) is 16.3. The van der Waals surface area contributed by atoms with Gasteiger partial charge in [0.1, 0.15) is 6.04 Å². The van der Waals surface area contributed by atoms with Gasteiger partial charge in [0.15, 0.2) is 5.75 Å². The summed E-state index contributed by atoms with van der Waals surface area (Å²) in [5.74, 6) is -0.0602. The summed E-state index contributed by atoms with van der Waals surface area (Å²) < 4.78 is 45.2. The van der Waals surface area contributed by atoms with Crippen LogP contribution in [0.15, 0.2) is 18.2 Å². The van der Waals surface area contributed by atoms with Crippen molar-refractivity contribution >= 4 is 30.5 Å². The van der Waals surface area contributed by atoms with Crippen LogP contribution < -0.4 is 10.1 Å². The molecule has 0 bridgehead atoms. The highest BCUT2D eigenvalue weighted by Gasteiger charge is 2.45. The number of benzene rings is 1. The Labute approximate surface area is 149 Å². The van der Waals surface area contributed by atoms with Crippen LogP contribution in [-0.4, -0.2) is 49.3 Å². The van der Waals surface area contributed by atoms with Crippen LogP contribution in [0.2, 0.25) is 0 Å². The molecule has 138 valence electrons. The predicted octanol–water partition coefficient (Wildman–Crippen LogP) is 2.96. The molecule has 24 heavy (non-hydrogen) atoms. The molecule has 11 heteroatoms. The Bertz CT molecular complexity index is 555. The van der Waals surface area contributed by atoms with Crippen LogP contribution in [0.1, 0.15) is 11.6 Å². The molecule has 0 spiro atoms. The largest absolute Gasteiger partial charge is 0.490 e. The lowest BCUT2D eigenvalue weighted by Crippen LogP contribution is -2.49. The van der Waals surface area contributed by atoms with Crippen molar-refractivity contribution < 1.29 is 22.8 Å². The molecule has 1 N–H and O–H groups in total. The van der Waals surface area contributed by atoms with Gasteiger partial charge in [-0.2, -0.15) is 13.2 Å². The summed E-state index contributed by atoms with van der Waals surface area (Å²) >= 11 is 0. The van der Waals surface area contributed by atoms with Crippen LogP contribution in [0.3, 0.4) is 0 Å². The highest BCUT2D eigenvalue weighted by Crippen LogP contribution is 2.40. The first-order valence-electron chi connectivity index (χ1n) is 6.68. The van der Waals surface area contributed by atoms with Crippen molar-refractivity contribution in [1.82, 2.24) is 10.2 Å². The minimum absolute atomic E-state index is 0. The maximum atomic E-state index is 13.4. The highest BCUT2D eigenvalue weighted by molar-refractivity contribution is 5.85. The molecule has 1 saturated heterocycles. The van der Waals surface area contributed by atoms with Gasteiger partial charge in [0.2, 0.25) is 0 Å². The SMILES string of the molecule is COc1ccc([C@@H](N2CCNCC2)C(F)(F)F)cc1[N+](=O)[O-].Cl.Cl. The van der Waals surface area contributed by atoms with Gasteiger partial charge in [-0.1, -0.05) is 6.07 Å². The summed E-state index contributed by atoms with van der Waals surface area (Å²) in [6, 6.07) is 1.51. The van der Waals surface area contributed by atoms with Crippen molar-refractivity contribution in [2.24, 2.45) is 0 Å². The first-order chi connectivity index (χ1) is 10.3. The fourth-order valence-corrected chi connectivity index (χ4v) is 2.57. The van der Waals surface area contributed by atoms with Gasteiger partial charge in [0.25, 0.3) is 0 Å². The van der Waals surface area contributed by atoms with Crippen LogP contribution in [0.25, 0.3) is 0 Å². The third-order valence-electron chi connectivity index (χ3n) is 3.54. The lowest BCUT2D eigenvalue weighted by Gasteiger charge is -2.36. The normalized spacial score (nSPS) is 16.5. The Morgan fingerprint density at radius 2 is 1.88 bits per heavy atom. The Morgan fingerprint density at radius 1 is 1.29 bits per heavy atom. The maximum Gasteiger partial charge on any atom is 0.408 e. The van der Waals surface area contributed by atoms with E-state index in [1.54, 1.807) is 0 Å². The minimum Gasteiger partial charge on any atom is -0.490 e. The van der Waals surface area contributed by atoms with Crippen molar-refractivity contribution in [1.29, 1.82) is 0 Å². The van der Waals surface area contributed by atoms with Crippen molar-refractivity contribution in [3.63, 3.8) is 0 Å². The summed E-state index contributed by atoms with van der Waals surface area (Å²) in [5, 5.41) is 14.0. The van der Waals surface area contributed by atoms with Gasteiger partial charge >= 0.3 is 11.9 Å². The number of nitrogens with one attached hydrogen (secondary N) is 1. The number of nitro benzene ring substituents is 1. The van der Waals surface area contributed by atoms with Gasteiger partial charge in [0.05, 0.1) is 12.0 Å². The van der Waals surface area contributed by atoms with Crippen LogP contribution in [0, 0.1) is 10.1 Å². The van der Waals surface area contributed by atoms with Crippen molar-refractivity contribution in [3.8, 4) is 5.75 Å². The topological polar surface area (TPSA) is 67.6 Å². The Balaban J connectivity index is 0.00000264. The summed E-state index contributed by atoms with van der Waals surface area (Å²) in [5.41, 5.74) is -0.619. The van der Waals surface area contributed by atoms with Crippen molar-refractivity contribution in [3.05, 3.63) is 33.9 Å². The number of methoxy groups -OCH3 is 1. The van der Waals surface area contributed by atoms with Gasteiger partial charge in [-0.15, -0.1) is 24.8 Å². The zero-order valence-electron chi connectivity index (χ0n) is 12.7. The van der Waals surface area contributed by atoms with Gasteiger partial charge in [-0.3, -0.25) is 15.0 Å². The number of ether oxygens (including phenoxy) is 1. The molecule has 1 heterocycles. The van der Waals surface area contributed by atoms with E-state index >= 15 is 0 Å². The highest BCUT2D eigenvalue weighted by atomic mass is 35.5. The number of hydrogen-bond donors (Lipinski definition) is 1. The van der Waals surface area contributed by atoms with E-state index in [4.69, 9.17) is 4.74 Å². The lowest BCUT2D eigenvalue weighted by molar-refractivity contribution is -0.385. The molecule has 1 aliphatic rings. The second-order valence-corrected chi connectivity index (χ2v) is 4.92. The number of nitro groups is 1. The first kappa shape index (κ1) is 22.7. The molecule has 6 nitrogen and oxygen atoms in total. The maximum absolute atomic E-state index is 13.4. The third kappa shape index (κ3) is 5.10. The molecule has 0 radical (unpaired) electrons. The summed E-state index contributed by atoms with van der Waals surface area (Å²) in [4.78, 5) is 11.5. The number of halogens is 5. The summed E-state index contributed by atoms with van der Waals surface area (Å²) in [7, 11) is 1.24. The quantitative estimate of drug-likeness (QED) is 0.631. The predicted molar refractivity (Wildman–Crippen MR) is 87.4 cm³/mol. The van der Waals surface area contributed by atoms with Crippen LogP contribution >= 0.6 is 24.8 Å². The standard InChI is InChI=1S/C13H16F3N3O3.2ClH/c1-22-11-3-2-9(8-10(11)19(20)21)12(13(14,15)16)18-6-4-17-5-7-18;;/h2-3,8,12,17H,4-7H2,1H3;2*1H/t12-;;/m1../s1. The first-order valence-corrected chi connectivity index (χ1v) is 6.68. The van der Waals surface area contributed by atoms with E-state index in [2.05, 4.69) is 5.32 Å². The average molecular weight is 392 g/mol. The molecule has 1 aliphatic heterocycles.